The van der Waals surface area contributed by atoms with Crippen molar-refractivity contribution in [2.24, 2.45) is 0 Å². The lowest BCUT2D eigenvalue weighted by Crippen LogP contribution is -2.07. The molecule has 4 aromatic rings. The number of hydrogen-bond acceptors (Lipinski definition) is 4. The van der Waals surface area contributed by atoms with Crippen molar-refractivity contribution >= 4 is 33.0 Å². The third kappa shape index (κ3) is 2.83. The van der Waals surface area contributed by atoms with E-state index in [0.29, 0.717) is 32.5 Å². The van der Waals surface area contributed by atoms with Gasteiger partial charge in [-0.2, -0.15) is 15.6 Å². The first kappa shape index (κ1) is 16.8. The van der Waals surface area contributed by atoms with E-state index in [9.17, 15) is 10.5 Å². The number of rotatable bonds is 3. The topological polar surface area (TPSA) is 76.9 Å². The van der Waals surface area contributed by atoms with Crippen LogP contribution in [0.4, 0.5) is 11.5 Å². The standard InChI is InChI=1S/C21H12BrN5/c22-18-13-25-27-20(18)16(11-23)19(14-7-3-1-4-8-14)17(12-24)21(27)26-15-9-5-2-6-10-15/h1-10,13,26H. The molecule has 5 nitrogen and oxygen atoms in total. The molecular weight excluding hydrogens is 402 g/mol. The van der Waals surface area contributed by atoms with Gasteiger partial charge in [0.1, 0.15) is 23.2 Å². The van der Waals surface area contributed by atoms with Crippen molar-refractivity contribution < 1.29 is 0 Å². The summed E-state index contributed by atoms with van der Waals surface area (Å²) in [7, 11) is 0. The second-order valence-electron chi connectivity index (χ2n) is 5.81. The minimum atomic E-state index is 0.365. The maximum absolute atomic E-state index is 9.97. The van der Waals surface area contributed by atoms with E-state index in [-0.39, 0.29) is 0 Å². The maximum Gasteiger partial charge on any atom is 0.151 e. The fourth-order valence-corrected chi connectivity index (χ4v) is 3.53. The van der Waals surface area contributed by atoms with Gasteiger partial charge < -0.3 is 5.32 Å². The summed E-state index contributed by atoms with van der Waals surface area (Å²) >= 11 is 3.49. The van der Waals surface area contributed by atoms with E-state index < -0.39 is 0 Å². The Bertz CT molecular complexity index is 1220. The molecule has 2 aromatic carbocycles. The number of hydrogen-bond donors (Lipinski definition) is 1. The van der Waals surface area contributed by atoms with Crippen LogP contribution in [0.5, 0.6) is 0 Å². The van der Waals surface area contributed by atoms with E-state index in [1.54, 1.807) is 10.7 Å². The molecule has 128 valence electrons. The zero-order valence-corrected chi connectivity index (χ0v) is 15.6. The second kappa shape index (κ2) is 6.95. The van der Waals surface area contributed by atoms with Crippen LogP contribution in [0.25, 0.3) is 16.6 Å². The molecule has 0 bridgehead atoms. The van der Waals surface area contributed by atoms with Crippen LogP contribution in [-0.2, 0) is 0 Å². The summed E-state index contributed by atoms with van der Waals surface area (Å²) in [6.45, 7) is 0. The van der Waals surface area contributed by atoms with Crippen LogP contribution in [0.3, 0.4) is 0 Å². The predicted octanol–water partition coefficient (Wildman–Crippen LogP) is 5.25. The van der Waals surface area contributed by atoms with Crippen LogP contribution < -0.4 is 5.32 Å². The first-order valence-corrected chi connectivity index (χ1v) is 8.94. The Balaban J connectivity index is 2.12. The summed E-state index contributed by atoms with van der Waals surface area (Å²) in [6.07, 6.45) is 1.63. The molecule has 0 saturated heterocycles. The Labute approximate surface area is 164 Å². The van der Waals surface area contributed by atoms with Gasteiger partial charge in [0.2, 0.25) is 0 Å². The van der Waals surface area contributed by atoms with Gasteiger partial charge in [-0.1, -0.05) is 48.5 Å². The van der Waals surface area contributed by atoms with E-state index in [0.717, 1.165) is 11.3 Å². The second-order valence-corrected chi connectivity index (χ2v) is 6.66. The number of benzene rings is 2. The Morgan fingerprint density at radius 3 is 2.15 bits per heavy atom. The molecule has 2 heterocycles. The average Bonchev–Trinajstić information content (AvgIpc) is 3.10. The SMILES string of the molecule is N#Cc1c(-c2ccccc2)c(C#N)c2c(Br)cnn2c1Nc1ccccc1. The zero-order chi connectivity index (χ0) is 18.8. The lowest BCUT2D eigenvalue weighted by molar-refractivity contribution is 0.964. The van der Waals surface area contributed by atoms with E-state index >= 15 is 0 Å². The van der Waals surface area contributed by atoms with Gasteiger partial charge >= 0.3 is 0 Å². The van der Waals surface area contributed by atoms with Gasteiger partial charge in [0.05, 0.1) is 16.2 Å². The number of nitrogens with zero attached hydrogens (tertiary/aromatic N) is 4. The molecule has 2 aromatic heterocycles. The van der Waals surface area contributed by atoms with Crippen molar-refractivity contribution in [3.8, 4) is 23.3 Å². The van der Waals surface area contributed by atoms with Crippen molar-refractivity contribution in [1.82, 2.24) is 9.61 Å². The monoisotopic (exact) mass is 413 g/mol. The Hall–Kier alpha value is -3.61. The number of pyridine rings is 1. The molecule has 0 radical (unpaired) electrons. The molecule has 0 spiro atoms. The van der Waals surface area contributed by atoms with E-state index in [1.165, 1.54) is 0 Å². The predicted molar refractivity (Wildman–Crippen MR) is 107 cm³/mol. The zero-order valence-electron chi connectivity index (χ0n) is 14.0. The van der Waals surface area contributed by atoms with Crippen LogP contribution >= 0.6 is 15.9 Å². The van der Waals surface area contributed by atoms with Gasteiger partial charge in [-0.05, 0) is 33.6 Å². The van der Waals surface area contributed by atoms with Crippen LogP contribution in [-0.4, -0.2) is 9.61 Å². The molecule has 0 saturated carbocycles. The fourth-order valence-electron chi connectivity index (χ4n) is 3.08. The lowest BCUT2D eigenvalue weighted by Gasteiger charge is -2.16. The van der Waals surface area contributed by atoms with Crippen molar-refractivity contribution in [3.63, 3.8) is 0 Å². The third-order valence-corrected chi connectivity index (χ3v) is 4.81. The summed E-state index contributed by atoms with van der Waals surface area (Å²) < 4.78 is 2.29. The molecule has 1 N–H and O–H groups in total. The van der Waals surface area contributed by atoms with Gasteiger partial charge in [-0.3, -0.25) is 0 Å². The van der Waals surface area contributed by atoms with Crippen molar-refractivity contribution in [2.45, 2.75) is 0 Å². The number of fused-ring (bicyclic) bond motifs is 1. The highest BCUT2D eigenvalue weighted by Gasteiger charge is 2.23. The van der Waals surface area contributed by atoms with E-state index in [4.69, 9.17) is 0 Å². The van der Waals surface area contributed by atoms with Gasteiger partial charge in [0.15, 0.2) is 5.82 Å². The molecule has 0 fully saturated rings. The highest BCUT2D eigenvalue weighted by Crippen LogP contribution is 2.38. The normalized spacial score (nSPS) is 10.3. The van der Waals surface area contributed by atoms with Crippen molar-refractivity contribution in [1.29, 1.82) is 10.5 Å². The van der Waals surface area contributed by atoms with Crippen LogP contribution in [0.15, 0.2) is 71.3 Å². The van der Waals surface area contributed by atoms with Crippen LogP contribution in [0, 0.1) is 22.7 Å². The van der Waals surface area contributed by atoms with Crippen molar-refractivity contribution in [2.75, 3.05) is 5.32 Å². The van der Waals surface area contributed by atoms with Gasteiger partial charge in [0.25, 0.3) is 0 Å². The first-order valence-electron chi connectivity index (χ1n) is 8.15. The molecule has 0 atom stereocenters. The van der Waals surface area contributed by atoms with E-state index in [2.05, 4.69) is 38.5 Å². The molecule has 0 aliphatic heterocycles. The number of nitriles is 2. The highest BCUT2D eigenvalue weighted by atomic mass is 79.9. The number of halogens is 1. The molecule has 0 aliphatic rings. The first-order chi connectivity index (χ1) is 13.2. The minimum absolute atomic E-state index is 0.365. The van der Waals surface area contributed by atoms with Gasteiger partial charge in [0, 0.05) is 11.3 Å². The van der Waals surface area contributed by atoms with Crippen LogP contribution in [0.2, 0.25) is 0 Å². The number of anilines is 2. The Morgan fingerprint density at radius 1 is 0.889 bits per heavy atom. The molecule has 0 amide bonds. The molecular formula is C21H12BrN5. The molecule has 27 heavy (non-hydrogen) atoms. The Kier molecular flexibility index (Phi) is 4.33. The summed E-state index contributed by atoms with van der Waals surface area (Å²) in [5.41, 5.74) is 3.61. The highest BCUT2D eigenvalue weighted by molar-refractivity contribution is 9.10. The summed E-state index contributed by atoms with van der Waals surface area (Å²) in [5.74, 6) is 0.516. The molecule has 6 heteroatoms. The van der Waals surface area contributed by atoms with Crippen molar-refractivity contribution in [3.05, 3.63) is 82.5 Å². The maximum atomic E-state index is 9.97. The molecule has 4 rings (SSSR count). The largest absolute Gasteiger partial charge is 0.339 e. The lowest BCUT2D eigenvalue weighted by atomic mass is 9.95. The summed E-state index contributed by atoms with van der Waals surface area (Å²) in [4.78, 5) is 0. The smallest absolute Gasteiger partial charge is 0.151 e. The summed E-state index contributed by atoms with van der Waals surface area (Å²) in [5, 5.41) is 27.5. The van der Waals surface area contributed by atoms with E-state index in [1.807, 2.05) is 60.7 Å². The molecule has 0 unspecified atom stereocenters. The van der Waals surface area contributed by atoms with Gasteiger partial charge in [-0.15, -0.1) is 0 Å². The quantitative estimate of drug-likeness (QED) is 0.497. The average molecular weight is 414 g/mol. The van der Waals surface area contributed by atoms with Crippen LogP contribution in [0.1, 0.15) is 11.1 Å². The summed E-state index contributed by atoms with van der Waals surface area (Å²) in [6, 6.07) is 23.5. The fraction of sp³-hybridized carbons (Fsp3) is 0. The Morgan fingerprint density at radius 2 is 1.52 bits per heavy atom. The van der Waals surface area contributed by atoms with Gasteiger partial charge in [-0.25, -0.2) is 4.52 Å². The number of para-hydroxylation sites is 1. The number of nitrogens with one attached hydrogen (secondary N) is 1. The number of aromatic nitrogens is 2. The third-order valence-electron chi connectivity index (χ3n) is 4.23. The minimum Gasteiger partial charge on any atom is -0.339 e. The molecule has 0 aliphatic carbocycles.